The minimum atomic E-state index is -1.21. The molecule has 0 bridgehead atoms. The van der Waals surface area contributed by atoms with Crippen LogP contribution in [-0.2, 0) is 0 Å². The Bertz CT molecular complexity index is 696. The number of benzene rings is 1. The molecular formula is C12H10N2O5. The number of hydrogen-bond acceptors (Lipinski definition) is 5. The molecule has 0 spiro atoms. The van der Waals surface area contributed by atoms with Gasteiger partial charge in [-0.15, -0.1) is 0 Å². The zero-order chi connectivity index (χ0) is 14.2. The maximum absolute atomic E-state index is 11.4. The molecule has 2 rings (SSSR count). The summed E-state index contributed by atoms with van der Waals surface area (Å²) in [5.74, 6) is -1.10. The van der Waals surface area contributed by atoms with Crippen LogP contribution in [0, 0.1) is 17.0 Å². The van der Waals surface area contributed by atoms with Gasteiger partial charge in [-0.2, -0.15) is 0 Å². The number of methoxy groups -OCH3 is 1. The normalized spacial score (nSPS) is 10.4. The minimum Gasteiger partial charge on any atom is -0.494 e. The van der Waals surface area contributed by atoms with Crippen molar-refractivity contribution in [1.82, 2.24) is 4.98 Å². The lowest BCUT2D eigenvalue weighted by atomic mass is 10.1. The Hall–Kier alpha value is -2.70. The maximum atomic E-state index is 11.4. The molecule has 0 aliphatic heterocycles. The van der Waals surface area contributed by atoms with Crippen molar-refractivity contribution in [3.8, 4) is 5.75 Å². The van der Waals surface area contributed by atoms with Crippen LogP contribution in [0.5, 0.6) is 5.75 Å². The van der Waals surface area contributed by atoms with E-state index in [9.17, 15) is 20.0 Å². The number of fused-ring (bicyclic) bond motifs is 1. The highest BCUT2D eigenvalue weighted by Gasteiger charge is 2.21. The molecule has 1 heterocycles. The summed E-state index contributed by atoms with van der Waals surface area (Å²) >= 11 is 0. The second-order valence-corrected chi connectivity index (χ2v) is 3.87. The molecule has 1 N–H and O–H groups in total. The monoisotopic (exact) mass is 262 g/mol. The number of aryl methyl sites for hydroxylation is 1. The molecule has 0 saturated heterocycles. The van der Waals surface area contributed by atoms with Gasteiger partial charge in [0.15, 0.2) is 5.75 Å². The number of nitro groups is 1. The van der Waals surface area contributed by atoms with Crippen LogP contribution in [0.25, 0.3) is 10.9 Å². The second-order valence-electron chi connectivity index (χ2n) is 3.87. The molecule has 1 aromatic carbocycles. The molecule has 0 aliphatic carbocycles. The molecule has 0 unspecified atom stereocenters. The minimum absolute atomic E-state index is 0.112. The molecule has 7 nitrogen and oxygen atoms in total. The topological polar surface area (TPSA) is 103 Å². The number of rotatable bonds is 3. The van der Waals surface area contributed by atoms with Crippen LogP contribution in [-0.4, -0.2) is 28.1 Å². The first-order valence-electron chi connectivity index (χ1n) is 5.31. The summed E-state index contributed by atoms with van der Waals surface area (Å²) in [6, 6.07) is 3.90. The van der Waals surface area contributed by atoms with Gasteiger partial charge < -0.3 is 9.84 Å². The number of pyridine rings is 1. The fourth-order valence-electron chi connectivity index (χ4n) is 1.93. The van der Waals surface area contributed by atoms with E-state index in [2.05, 4.69) is 4.98 Å². The smallest absolute Gasteiger partial charge is 0.340 e. The van der Waals surface area contributed by atoms with Crippen LogP contribution in [0.1, 0.15) is 16.1 Å². The van der Waals surface area contributed by atoms with Crippen LogP contribution in [0.2, 0.25) is 0 Å². The SMILES string of the molecule is COc1c(C)nc2ccc([N+](=O)[O-])cc2c1C(=O)O. The fraction of sp³-hybridized carbons (Fsp3) is 0.167. The first-order chi connectivity index (χ1) is 8.95. The average Bonchev–Trinajstić information content (AvgIpc) is 2.36. The molecule has 0 amide bonds. The van der Waals surface area contributed by atoms with Crippen molar-refractivity contribution >= 4 is 22.6 Å². The second kappa shape index (κ2) is 4.52. The Morgan fingerprint density at radius 2 is 2.16 bits per heavy atom. The Morgan fingerprint density at radius 1 is 1.47 bits per heavy atom. The van der Waals surface area contributed by atoms with E-state index >= 15 is 0 Å². The van der Waals surface area contributed by atoms with Gasteiger partial charge in [0, 0.05) is 17.5 Å². The van der Waals surface area contributed by atoms with E-state index in [1.807, 2.05) is 0 Å². The summed E-state index contributed by atoms with van der Waals surface area (Å²) in [5, 5.41) is 20.2. The number of carboxylic acid groups (broad SMARTS) is 1. The summed E-state index contributed by atoms with van der Waals surface area (Å²) in [6.45, 7) is 1.62. The van der Waals surface area contributed by atoms with E-state index < -0.39 is 10.9 Å². The number of nitro benzene ring substituents is 1. The summed E-state index contributed by atoms with van der Waals surface area (Å²) < 4.78 is 5.03. The van der Waals surface area contributed by atoms with Crippen LogP contribution >= 0.6 is 0 Å². The van der Waals surface area contributed by atoms with Gasteiger partial charge in [-0.25, -0.2) is 9.78 Å². The summed E-state index contributed by atoms with van der Waals surface area (Å²) in [4.78, 5) is 25.7. The Morgan fingerprint density at radius 3 is 2.68 bits per heavy atom. The van der Waals surface area contributed by atoms with Gasteiger partial charge in [-0.1, -0.05) is 0 Å². The zero-order valence-corrected chi connectivity index (χ0v) is 10.2. The zero-order valence-electron chi connectivity index (χ0n) is 10.2. The molecule has 0 aliphatic rings. The van der Waals surface area contributed by atoms with Crippen LogP contribution < -0.4 is 4.74 Å². The van der Waals surface area contributed by atoms with Crippen molar-refractivity contribution in [2.45, 2.75) is 6.92 Å². The third-order valence-electron chi connectivity index (χ3n) is 2.72. The van der Waals surface area contributed by atoms with Crippen molar-refractivity contribution in [3.63, 3.8) is 0 Å². The lowest BCUT2D eigenvalue weighted by Crippen LogP contribution is -2.05. The highest BCUT2D eigenvalue weighted by atomic mass is 16.6. The Labute approximate surface area is 107 Å². The summed E-state index contributed by atoms with van der Waals surface area (Å²) in [6.07, 6.45) is 0. The summed E-state index contributed by atoms with van der Waals surface area (Å²) in [7, 11) is 1.33. The molecule has 1 aromatic heterocycles. The molecule has 19 heavy (non-hydrogen) atoms. The number of hydrogen-bond donors (Lipinski definition) is 1. The van der Waals surface area contributed by atoms with Crippen molar-refractivity contribution in [1.29, 1.82) is 0 Å². The maximum Gasteiger partial charge on any atom is 0.340 e. The first kappa shape index (κ1) is 12.7. The van der Waals surface area contributed by atoms with Gasteiger partial charge in [0.1, 0.15) is 5.56 Å². The van der Waals surface area contributed by atoms with Crippen LogP contribution in [0.4, 0.5) is 5.69 Å². The standard InChI is InChI=1S/C12H10N2O5/c1-6-11(19-2)10(12(15)16)8-5-7(14(17)18)3-4-9(8)13-6/h3-5H,1-2H3,(H,15,16). The molecule has 0 fully saturated rings. The molecule has 0 radical (unpaired) electrons. The van der Waals surface area contributed by atoms with E-state index in [0.717, 1.165) is 0 Å². The van der Waals surface area contributed by atoms with Gasteiger partial charge >= 0.3 is 5.97 Å². The average molecular weight is 262 g/mol. The van der Waals surface area contributed by atoms with Crippen LogP contribution in [0.15, 0.2) is 18.2 Å². The van der Waals surface area contributed by atoms with Gasteiger partial charge in [-0.3, -0.25) is 10.1 Å². The van der Waals surface area contributed by atoms with Crippen molar-refractivity contribution in [3.05, 3.63) is 39.6 Å². The molecule has 7 heteroatoms. The molecule has 2 aromatic rings. The van der Waals surface area contributed by atoms with Gasteiger partial charge in [-0.05, 0) is 13.0 Å². The largest absolute Gasteiger partial charge is 0.494 e. The highest BCUT2D eigenvalue weighted by molar-refractivity contribution is 6.06. The number of ether oxygens (including phenoxy) is 1. The van der Waals surface area contributed by atoms with E-state index in [1.54, 1.807) is 6.92 Å². The van der Waals surface area contributed by atoms with Crippen molar-refractivity contribution < 1.29 is 19.6 Å². The van der Waals surface area contributed by atoms with Crippen molar-refractivity contribution in [2.75, 3.05) is 7.11 Å². The third kappa shape index (κ3) is 2.05. The fourth-order valence-corrected chi connectivity index (χ4v) is 1.93. The lowest BCUT2D eigenvalue weighted by molar-refractivity contribution is -0.384. The van der Waals surface area contributed by atoms with E-state index in [1.165, 1.54) is 25.3 Å². The van der Waals surface area contributed by atoms with Gasteiger partial charge in [0.05, 0.1) is 23.2 Å². The molecule has 98 valence electrons. The molecule has 0 atom stereocenters. The number of carbonyl (C=O) groups is 1. The number of aromatic nitrogens is 1. The number of aromatic carboxylic acids is 1. The first-order valence-corrected chi connectivity index (χ1v) is 5.31. The predicted octanol–water partition coefficient (Wildman–Crippen LogP) is 2.16. The van der Waals surface area contributed by atoms with Gasteiger partial charge in [0.25, 0.3) is 5.69 Å². The van der Waals surface area contributed by atoms with E-state index in [4.69, 9.17) is 4.74 Å². The highest BCUT2D eigenvalue weighted by Crippen LogP contribution is 2.31. The van der Waals surface area contributed by atoms with Gasteiger partial charge in [0.2, 0.25) is 0 Å². The molecular weight excluding hydrogens is 252 g/mol. The summed E-state index contributed by atoms with van der Waals surface area (Å²) in [5.41, 5.74) is 0.485. The van der Waals surface area contributed by atoms with Crippen LogP contribution in [0.3, 0.4) is 0 Å². The lowest BCUT2D eigenvalue weighted by Gasteiger charge is -2.10. The quantitative estimate of drug-likeness (QED) is 0.671. The number of carboxylic acids is 1. The van der Waals surface area contributed by atoms with E-state index in [-0.39, 0.29) is 22.4 Å². The van der Waals surface area contributed by atoms with Crippen molar-refractivity contribution in [2.24, 2.45) is 0 Å². The molecule has 0 saturated carbocycles. The Kier molecular flexibility index (Phi) is 3.04. The number of non-ortho nitro benzene ring substituents is 1. The van der Waals surface area contributed by atoms with E-state index in [0.29, 0.717) is 11.2 Å². The third-order valence-corrected chi connectivity index (χ3v) is 2.72. The predicted molar refractivity (Wildman–Crippen MR) is 66.6 cm³/mol. The Balaban J connectivity index is 2.91. The number of nitrogens with zero attached hydrogens (tertiary/aromatic N) is 2.